The normalized spacial score (nSPS) is 10.9. The number of carboxylic acids is 2. The van der Waals surface area contributed by atoms with Crippen molar-refractivity contribution in [3.05, 3.63) is 31.5 Å². The Hall–Kier alpha value is -2.65. The van der Waals surface area contributed by atoms with Gasteiger partial charge in [0, 0.05) is 19.6 Å². The van der Waals surface area contributed by atoms with Crippen molar-refractivity contribution in [3.63, 3.8) is 0 Å². The van der Waals surface area contributed by atoms with E-state index in [-0.39, 0.29) is 19.6 Å². The average Bonchev–Trinajstić information content (AvgIpc) is 2.59. The fraction of sp³-hybridized carbons (Fsp3) is 0.706. The van der Waals surface area contributed by atoms with Gasteiger partial charge in [-0.2, -0.15) is 0 Å². The van der Waals surface area contributed by atoms with E-state index in [0.717, 1.165) is 36.7 Å². The van der Waals surface area contributed by atoms with Crippen molar-refractivity contribution in [1.29, 1.82) is 0 Å². The highest BCUT2D eigenvalue weighted by atomic mass is 16.4. The molecule has 0 spiro atoms. The van der Waals surface area contributed by atoms with Gasteiger partial charge in [-0.1, -0.05) is 39.0 Å². The highest BCUT2D eigenvalue weighted by molar-refractivity contribution is 5.66. The summed E-state index contributed by atoms with van der Waals surface area (Å²) in [6.07, 6.45) is 4.71. The predicted molar refractivity (Wildman–Crippen MR) is 97.1 cm³/mol. The van der Waals surface area contributed by atoms with Crippen molar-refractivity contribution in [1.82, 2.24) is 13.7 Å². The van der Waals surface area contributed by atoms with Gasteiger partial charge in [-0.15, -0.1) is 0 Å². The second-order valence-corrected chi connectivity index (χ2v) is 6.36. The van der Waals surface area contributed by atoms with Crippen LogP contribution in [0.2, 0.25) is 0 Å². The minimum atomic E-state index is -1.19. The number of aliphatic carboxylic acids is 2. The Morgan fingerprint density at radius 3 is 1.44 bits per heavy atom. The monoisotopic (exact) mass is 385 g/mol. The Bertz CT molecular complexity index is 763. The molecular formula is C17H27N3O7. The lowest BCUT2D eigenvalue weighted by molar-refractivity contribution is -0.138. The maximum atomic E-state index is 12.5. The molecule has 0 unspecified atom stereocenters. The van der Waals surface area contributed by atoms with Crippen LogP contribution in [0.1, 0.15) is 58.3 Å². The van der Waals surface area contributed by atoms with Crippen LogP contribution in [0.3, 0.4) is 0 Å². The van der Waals surface area contributed by atoms with Crippen LogP contribution in [0.25, 0.3) is 0 Å². The summed E-state index contributed by atoms with van der Waals surface area (Å²) in [5, 5.41) is 17.6. The fourth-order valence-corrected chi connectivity index (χ4v) is 2.72. The van der Waals surface area contributed by atoms with Crippen LogP contribution in [0, 0.1) is 0 Å². The molecule has 27 heavy (non-hydrogen) atoms. The summed E-state index contributed by atoms with van der Waals surface area (Å²) in [6, 6.07) is 0. The highest BCUT2D eigenvalue weighted by Crippen LogP contribution is 2.05. The highest BCUT2D eigenvalue weighted by Gasteiger charge is 2.16. The summed E-state index contributed by atoms with van der Waals surface area (Å²) >= 11 is 0. The molecule has 0 saturated heterocycles. The van der Waals surface area contributed by atoms with E-state index in [0.29, 0.717) is 15.6 Å². The van der Waals surface area contributed by atoms with E-state index in [9.17, 15) is 24.0 Å². The summed E-state index contributed by atoms with van der Waals surface area (Å²) in [5.41, 5.74) is -2.69. The molecule has 10 heteroatoms. The standard InChI is InChI=1S/C17H27N3O7/c1-2-3-4-5-6-7-10-18-15(25)19(11-8-13(21)22)17(27)20(16(18)26)12-9-14(23)24/h2-12H2,1H3,(H,21,22)(H,23,24). The van der Waals surface area contributed by atoms with Crippen LogP contribution in [-0.2, 0) is 29.2 Å². The summed E-state index contributed by atoms with van der Waals surface area (Å²) in [4.78, 5) is 58.9. The van der Waals surface area contributed by atoms with E-state index in [4.69, 9.17) is 10.2 Å². The zero-order valence-electron chi connectivity index (χ0n) is 15.6. The van der Waals surface area contributed by atoms with E-state index in [2.05, 4.69) is 6.92 Å². The number of nitrogens with zero attached hydrogens (tertiary/aromatic N) is 3. The molecule has 152 valence electrons. The lowest BCUT2D eigenvalue weighted by atomic mass is 10.1. The maximum Gasteiger partial charge on any atom is 0.336 e. The molecule has 0 radical (unpaired) electrons. The van der Waals surface area contributed by atoms with Crippen molar-refractivity contribution >= 4 is 11.9 Å². The molecule has 0 aliphatic carbocycles. The third-order valence-electron chi connectivity index (χ3n) is 4.22. The van der Waals surface area contributed by atoms with Gasteiger partial charge in [0.2, 0.25) is 0 Å². The molecule has 0 amide bonds. The maximum absolute atomic E-state index is 12.5. The zero-order valence-corrected chi connectivity index (χ0v) is 15.6. The van der Waals surface area contributed by atoms with Gasteiger partial charge in [0.25, 0.3) is 0 Å². The van der Waals surface area contributed by atoms with Crippen LogP contribution >= 0.6 is 0 Å². The molecule has 0 bridgehead atoms. The van der Waals surface area contributed by atoms with E-state index in [1.54, 1.807) is 0 Å². The van der Waals surface area contributed by atoms with E-state index >= 15 is 0 Å². The van der Waals surface area contributed by atoms with Crippen molar-refractivity contribution in [2.45, 2.75) is 77.9 Å². The zero-order chi connectivity index (χ0) is 20.4. The van der Waals surface area contributed by atoms with Gasteiger partial charge >= 0.3 is 29.0 Å². The average molecular weight is 385 g/mol. The Morgan fingerprint density at radius 1 is 0.667 bits per heavy atom. The van der Waals surface area contributed by atoms with E-state index < -0.39 is 41.8 Å². The van der Waals surface area contributed by atoms with Gasteiger partial charge in [0.05, 0.1) is 12.8 Å². The molecule has 0 atom stereocenters. The molecule has 0 saturated carbocycles. The van der Waals surface area contributed by atoms with Crippen molar-refractivity contribution in [2.24, 2.45) is 0 Å². The van der Waals surface area contributed by atoms with Crippen molar-refractivity contribution < 1.29 is 19.8 Å². The fourth-order valence-electron chi connectivity index (χ4n) is 2.72. The van der Waals surface area contributed by atoms with Crippen molar-refractivity contribution in [2.75, 3.05) is 0 Å². The molecular weight excluding hydrogens is 358 g/mol. The molecule has 0 fully saturated rings. The number of hydrogen-bond acceptors (Lipinski definition) is 5. The van der Waals surface area contributed by atoms with Gasteiger partial charge in [-0.25, -0.2) is 28.1 Å². The van der Waals surface area contributed by atoms with Crippen LogP contribution in [0.15, 0.2) is 14.4 Å². The summed E-state index contributed by atoms with van der Waals surface area (Å²) in [5.74, 6) is -2.38. The quantitative estimate of drug-likeness (QED) is 0.471. The first kappa shape index (κ1) is 22.4. The third-order valence-corrected chi connectivity index (χ3v) is 4.22. The van der Waals surface area contributed by atoms with Gasteiger partial charge in [0.15, 0.2) is 0 Å². The Morgan fingerprint density at radius 2 is 1.04 bits per heavy atom. The number of carbonyl (C=O) groups is 2. The first-order valence-electron chi connectivity index (χ1n) is 9.17. The Kier molecular flexibility index (Phi) is 9.24. The topological polar surface area (TPSA) is 141 Å². The number of unbranched alkanes of at least 4 members (excludes halogenated alkanes) is 5. The van der Waals surface area contributed by atoms with Crippen LogP contribution in [-0.4, -0.2) is 35.9 Å². The third kappa shape index (κ3) is 6.87. The number of carboxylic acid groups (broad SMARTS) is 2. The summed E-state index contributed by atoms with van der Waals surface area (Å²) < 4.78 is 2.27. The summed E-state index contributed by atoms with van der Waals surface area (Å²) in [6.45, 7) is 1.44. The SMILES string of the molecule is CCCCCCCCn1c(=O)n(CCC(=O)O)c(=O)n(CCC(=O)O)c1=O. The molecule has 0 aliphatic heterocycles. The number of hydrogen-bond donors (Lipinski definition) is 2. The number of rotatable bonds is 13. The van der Waals surface area contributed by atoms with Crippen LogP contribution in [0.5, 0.6) is 0 Å². The van der Waals surface area contributed by atoms with Gasteiger partial charge in [-0.3, -0.25) is 9.59 Å². The second kappa shape index (κ2) is 11.1. The lowest BCUT2D eigenvalue weighted by Gasteiger charge is -2.13. The van der Waals surface area contributed by atoms with Crippen LogP contribution in [0.4, 0.5) is 0 Å². The van der Waals surface area contributed by atoms with E-state index in [1.165, 1.54) is 0 Å². The molecule has 1 aromatic heterocycles. The van der Waals surface area contributed by atoms with Gasteiger partial charge < -0.3 is 10.2 Å². The molecule has 0 aliphatic rings. The molecule has 1 aromatic rings. The van der Waals surface area contributed by atoms with Crippen molar-refractivity contribution in [3.8, 4) is 0 Å². The molecule has 10 nitrogen and oxygen atoms in total. The smallest absolute Gasteiger partial charge is 0.336 e. The molecule has 1 rings (SSSR count). The number of aromatic nitrogens is 3. The van der Waals surface area contributed by atoms with E-state index in [1.807, 2.05) is 0 Å². The molecule has 2 N–H and O–H groups in total. The Labute approximate surface area is 155 Å². The summed E-state index contributed by atoms with van der Waals surface area (Å²) in [7, 11) is 0. The van der Waals surface area contributed by atoms with Gasteiger partial charge in [0.1, 0.15) is 0 Å². The molecule has 0 aromatic carbocycles. The minimum Gasteiger partial charge on any atom is -0.481 e. The lowest BCUT2D eigenvalue weighted by Crippen LogP contribution is -2.54. The predicted octanol–water partition coefficient (Wildman–Crippen LogP) is 0.482. The first-order valence-corrected chi connectivity index (χ1v) is 9.17. The first-order chi connectivity index (χ1) is 12.8. The Balaban J connectivity index is 3.12. The minimum absolute atomic E-state index is 0.101. The van der Waals surface area contributed by atoms with Crippen LogP contribution < -0.4 is 17.1 Å². The largest absolute Gasteiger partial charge is 0.481 e. The second-order valence-electron chi connectivity index (χ2n) is 6.36. The molecule has 1 heterocycles. The van der Waals surface area contributed by atoms with Gasteiger partial charge in [-0.05, 0) is 6.42 Å².